The standard InChI is InChI=1S/C15H16N2O3/c1-10-13(9-16-17(10)3)15(19)20-11(2)14(18)12-7-5-4-6-8-12/h4-9,11H,1-3H3/t11-/m0/s1. The summed E-state index contributed by atoms with van der Waals surface area (Å²) in [5, 5.41) is 3.98. The average Bonchev–Trinajstić information content (AvgIpc) is 2.79. The Morgan fingerprint density at radius 3 is 2.45 bits per heavy atom. The number of nitrogens with zero attached hydrogens (tertiary/aromatic N) is 2. The number of ketones is 1. The molecule has 20 heavy (non-hydrogen) atoms. The number of hydrogen-bond donors (Lipinski definition) is 0. The zero-order chi connectivity index (χ0) is 14.7. The molecule has 1 atom stereocenters. The van der Waals surface area contributed by atoms with Crippen molar-refractivity contribution in [1.29, 1.82) is 0 Å². The van der Waals surface area contributed by atoms with E-state index in [1.165, 1.54) is 6.20 Å². The summed E-state index contributed by atoms with van der Waals surface area (Å²) in [4.78, 5) is 24.1. The Hall–Kier alpha value is -2.43. The van der Waals surface area contributed by atoms with Crippen LogP contribution in [0, 0.1) is 6.92 Å². The monoisotopic (exact) mass is 272 g/mol. The molecule has 0 N–H and O–H groups in total. The van der Waals surface area contributed by atoms with Gasteiger partial charge in [0, 0.05) is 18.3 Å². The van der Waals surface area contributed by atoms with Crippen molar-refractivity contribution in [2.24, 2.45) is 7.05 Å². The summed E-state index contributed by atoms with van der Waals surface area (Å²) in [5.74, 6) is -0.757. The topological polar surface area (TPSA) is 61.2 Å². The molecule has 0 aliphatic rings. The number of benzene rings is 1. The van der Waals surface area contributed by atoms with Gasteiger partial charge in [0.05, 0.1) is 6.20 Å². The molecule has 0 aliphatic carbocycles. The molecule has 0 saturated heterocycles. The SMILES string of the molecule is Cc1c(C(=O)O[C@@H](C)C(=O)c2ccccc2)cnn1C. The van der Waals surface area contributed by atoms with Crippen LogP contribution in [0.25, 0.3) is 0 Å². The van der Waals surface area contributed by atoms with E-state index < -0.39 is 12.1 Å². The Morgan fingerprint density at radius 1 is 1.25 bits per heavy atom. The number of Topliss-reactive ketones (excluding diaryl/α,β-unsaturated/α-hetero) is 1. The molecule has 1 aromatic carbocycles. The first-order valence-electron chi connectivity index (χ1n) is 6.29. The maximum atomic E-state index is 12.1. The van der Waals surface area contributed by atoms with Crippen LogP contribution in [0.1, 0.15) is 33.3 Å². The average molecular weight is 272 g/mol. The zero-order valence-corrected chi connectivity index (χ0v) is 11.7. The largest absolute Gasteiger partial charge is 0.451 e. The van der Waals surface area contributed by atoms with Crippen LogP contribution in [0.5, 0.6) is 0 Å². The van der Waals surface area contributed by atoms with Crippen molar-refractivity contribution < 1.29 is 14.3 Å². The molecule has 2 rings (SSSR count). The van der Waals surface area contributed by atoms with Crippen LogP contribution in [0.3, 0.4) is 0 Å². The van der Waals surface area contributed by atoms with E-state index in [0.717, 1.165) is 0 Å². The van der Waals surface area contributed by atoms with Gasteiger partial charge in [-0.25, -0.2) is 4.79 Å². The minimum Gasteiger partial charge on any atom is -0.451 e. The molecular weight excluding hydrogens is 256 g/mol. The van der Waals surface area contributed by atoms with Crippen molar-refractivity contribution in [3.05, 3.63) is 53.3 Å². The highest BCUT2D eigenvalue weighted by Crippen LogP contribution is 2.11. The molecule has 0 fully saturated rings. The fourth-order valence-electron chi connectivity index (χ4n) is 1.81. The molecule has 0 radical (unpaired) electrons. The second-order valence-electron chi connectivity index (χ2n) is 4.55. The minimum absolute atomic E-state index is 0.222. The molecule has 5 nitrogen and oxygen atoms in total. The number of hydrogen-bond acceptors (Lipinski definition) is 4. The van der Waals surface area contributed by atoms with Gasteiger partial charge in [0.15, 0.2) is 6.10 Å². The molecule has 0 unspecified atom stereocenters. The molecule has 0 spiro atoms. The van der Waals surface area contributed by atoms with E-state index in [4.69, 9.17) is 4.74 Å². The van der Waals surface area contributed by atoms with Crippen molar-refractivity contribution in [1.82, 2.24) is 9.78 Å². The normalized spacial score (nSPS) is 11.9. The summed E-state index contributed by atoms with van der Waals surface area (Å²) >= 11 is 0. The molecule has 5 heteroatoms. The van der Waals surface area contributed by atoms with Crippen molar-refractivity contribution in [3.63, 3.8) is 0 Å². The smallest absolute Gasteiger partial charge is 0.342 e. The Balaban J connectivity index is 2.08. The lowest BCUT2D eigenvalue weighted by molar-refractivity contribution is 0.0318. The second kappa shape index (κ2) is 5.69. The molecule has 0 bridgehead atoms. The van der Waals surface area contributed by atoms with E-state index in [-0.39, 0.29) is 5.78 Å². The van der Waals surface area contributed by atoms with E-state index in [1.54, 1.807) is 49.8 Å². The van der Waals surface area contributed by atoms with Gasteiger partial charge >= 0.3 is 5.97 Å². The van der Waals surface area contributed by atoms with E-state index in [0.29, 0.717) is 16.8 Å². The van der Waals surface area contributed by atoms with Gasteiger partial charge in [-0.05, 0) is 13.8 Å². The molecular formula is C15H16N2O3. The number of rotatable bonds is 4. The highest BCUT2D eigenvalue weighted by Gasteiger charge is 2.22. The van der Waals surface area contributed by atoms with Crippen LogP contribution in [-0.4, -0.2) is 27.6 Å². The minimum atomic E-state index is -0.829. The second-order valence-corrected chi connectivity index (χ2v) is 4.55. The van der Waals surface area contributed by atoms with Gasteiger partial charge in [-0.2, -0.15) is 5.10 Å². The number of aryl methyl sites for hydroxylation is 1. The van der Waals surface area contributed by atoms with Crippen LogP contribution in [0.4, 0.5) is 0 Å². The lowest BCUT2D eigenvalue weighted by Gasteiger charge is -2.12. The summed E-state index contributed by atoms with van der Waals surface area (Å²) in [5.41, 5.74) is 1.60. The van der Waals surface area contributed by atoms with E-state index >= 15 is 0 Å². The summed E-state index contributed by atoms with van der Waals surface area (Å²) in [6.07, 6.45) is 0.613. The fraction of sp³-hybridized carbons (Fsp3) is 0.267. The summed E-state index contributed by atoms with van der Waals surface area (Å²) in [6.45, 7) is 3.34. The van der Waals surface area contributed by atoms with Gasteiger partial charge in [-0.3, -0.25) is 9.48 Å². The summed E-state index contributed by atoms with van der Waals surface area (Å²) in [6, 6.07) is 8.76. The first-order chi connectivity index (χ1) is 9.50. The van der Waals surface area contributed by atoms with Gasteiger partial charge in [0.1, 0.15) is 5.56 Å². The number of carbonyl (C=O) groups is 2. The first kappa shape index (κ1) is 14.0. The van der Waals surface area contributed by atoms with Gasteiger partial charge in [-0.1, -0.05) is 30.3 Å². The van der Waals surface area contributed by atoms with E-state index in [2.05, 4.69) is 5.10 Å². The Morgan fingerprint density at radius 2 is 1.90 bits per heavy atom. The number of carbonyl (C=O) groups excluding carboxylic acids is 2. The van der Waals surface area contributed by atoms with Crippen molar-refractivity contribution in [2.45, 2.75) is 20.0 Å². The first-order valence-corrected chi connectivity index (χ1v) is 6.29. The quantitative estimate of drug-likeness (QED) is 0.632. The lowest BCUT2D eigenvalue weighted by atomic mass is 10.1. The third kappa shape index (κ3) is 2.77. The van der Waals surface area contributed by atoms with E-state index in [1.807, 2.05) is 6.07 Å². The van der Waals surface area contributed by atoms with Crippen LogP contribution in [-0.2, 0) is 11.8 Å². The van der Waals surface area contributed by atoms with Gasteiger partial charge < -0.3 is 4.74 Å². The van der Waals surface area contributed by atoms with Gasteiger partial charge in [0.2, 0.25) is 5.78 Å². The Kier molecular flexibility index (Phi) is 3.98. The zero-order valence-electron chi connectivity index (χ0n) is 11.7. The predicted molar refractivity (Wildman–Crippen MR) is 73.6 cm³/mol. The molecule has 2 aromatic rings. The molecule has 104 valence electrons. The Bertz CT molecular complexity index is 632. The third-order valence-corrected chi connectivity index (χ3v) is 3.17. The molecule has 0 amide bonds. The maximum Gasteiger partial charge on any atom is 0.342 e. The predicted octanol–water partition coefficient (Wildman–Crippen LogP) is 2.16. The van der Waals surface area contributed by atoms with Gasteiger partial charge in [0.25, 0.3) is 0 Å². The third-order valence-electron chi connectivity index (χ3n) is 3.17. The molecule has 0 saturated carbocycles. The number of aromatic nitrogens is 2. The highest BCUT2D eigenvalue weighted by molar-refractivity contribution is 6.01. The van der Waals surface area contributed by atoms with Crippen molar-refractivity contribution in [3.8, 4) is 0 Å². The summed E-state index contributed by atoms with van der Waals surface area (Å²) < 4.78 is 6.79. The number of esters is 1. The fourth-order valence-corrected chi connectivity index (χ4v) is 1.81. The van der Waals surface area contributed by atoms with Crippen molar-refractivity contribution in [2.75, 3.05) is 0 Å². The van der Waals surface area contributed by atoms with Crippen molar-refractivity contribution >= 4 is 11.8 Å². The molecule has 0 aliphatic heterocycles. The maximum absolute atomic E-state index is 12.1. The van der Waals surface area contributed by atoms with Crippen LogP contribution >= 0.6 is 0 Å². The lowest BCUT2D eigenvalue weighted by Crippen LogP contribution is -2.24. The number of ether oxygens (including phenoxy) is 1. The van der Waals surface area contributed by atoms with Crippen LogP contribution in [0.2, 0.25) is 0 Å². The highest BCUT2D eigenvalue weighted by atomic mass is 16.5. The van der Waals surface area contributed by atoms with Crippen LogP contribution in [0.15, 0.2) is 36.5 Å². The summed E-state index contributed by atoms with van der Waals surface area (Å²) in [7, 11) is 1.74. The van der Waals surface area contributed by atoms with Gasteiger partial charge in [-0.15, -0.1) is 0 Å². The van der Waals surface area contributed by atoms with E-state index in [9.17, 15) is 9.59 Å². The molecule has 1 heterocycles. The van der Waals surface area contributed by atoms with Crippen LogP contribution < -0.4 is 0 Å². The Labute approximate surface area is 117 Å². The molecule has 1 aromatic heterocycles.